The Balaban J connectivity index is 1.75. The predicted octanol–water partition coefficient (Wildman–Crippen LogP) is 4.61. The van der Waals surface area contributed by atoms with Gasteiger partial charge in [-0.3, -0.25) is 14.5 Å². The minimum Gasteiger partial charge on any atom is -0.385 e. The van der Waals surface area contributed by atoms with E-state index in [1.165, 1.54) is 11.8 Å². The second-order valence-electron chi connectivity index (χ2n) is 7.75. The van der Waals surface area contributed by atoms with Crippen LogP contribution >= 0.6 is 11.8 Å². The third-order valence-electron chi connectivity index (χ3n) is 5.01. The number of amidine groups is 1. The van der Waals surface area contributed by atoms with Gasteiger partial charge in [0, 0.05) is 32.4 Å². The topological polar surface area (TPSA) is 71.0 Å². The summed E-state index contributed by atoms with van der Waals surface area (Å²) in [4.78, 5) is 32.2. The molecule has 164 valence electrons. The normalized spacial score (nSPS) is 17.4. The lowest BCUT2D eigenvalue weighted by Gasteiger charge is -2.16. The molecule has 1 saturated heterocycles. The fraction of sp³-hybridized carbons (Fsp3) is 0.375. The second-order valence-corrected chi connectivity index (χ2v) is 8.92. The molecule has 0 radical (unpaired) electrons. The molecule has 2 amide bonds. The van der Waals surface area contributed by atoms with Crippen molar-refractivity contribution in [1.82, 2.24) is 4.90 Å². The lowest BCUT2D eigenvalue weighted by molar-refractivity contribution is -0.128. The quantitative estimate of drug-likeness (QED) is 0.610. The van der Waals surface area contributed by atoms with E-state index in [2.05, 4.69) is 5.32 Å². The van der Waals surface area contributed by atoms with Crippen molar-refractivity contribution in [3.63, 3.8) is 0 Å². The van der Waals surface area contributed by atoms with Crippen LogP contribution in [0.25, 0.3) is 0 Å². The third-order valence-corrected chi connectivity index (χ3v) is 6.19. The molecule has 0 spiro atoms. The lowest BCUT2D eigenvalue weighted by atomic mass is 10.1. The van der Waals surface area contributed by atoms with E-state index in [1.807, 2.05) is 63.2 Å². The molecule has 31 heavy (non-hydrogen) atoms. The first-order chi connectivity index (χ1) is 14.9. The highest BCUT2D eigenvalue weighted by molar-refractivity contribution is 8.15. The van der Waals surface area contributed by atoms with Crippen molar-refractivity contribution in [2.45, 2.75) is 38.9 Å². The average Bonchev–Trinajstić information content (AvgIpc) is 2.99. The molecule has 1 fully saturated rings. The summed E-state index contributed by atoms with van der Waals surface area (Å²) in [6.07, 6.45) is 0.807. The molecule has 0 bridgehead atoms. The molecule has 0 unspecified atom stereocenters. The van der Waals surface area contributed by atoms with Crippen LogP contribution < -0.4 is 5.32 Å². The second kappa shape index (κ2) is 10.6. The molecule has 1 atom stereocenters. The smallest absolute Gasteiger partial charge is 0.242 e. The maximum Gasteiger partial charge on any atom is 0.242 e. The molecule has 1 heterocycles. The molecule has 6 nitrogen and oxygen atoms in total. The number of nitrogens with zero attached hydrogens (tertiary/aromatic N) is 2. The van der Waals surface area contributed by atoms with Gasteiger partial charge in [-0.15, -0.1) is 0 Å². The van der Waals surface area contributed by atoms with Crippen LogP contribution in [0.3, 0.4) is 0 Å². The number of nitrogens with one attached hydrogen (secondary N) is 1. The average molecular weight is 440 g/mol. The molecule has 2 aromatic rings. The van der Waals surface area contributed by atoms with Gasteiger partial charge in [0.05, 0.1) is 5.69 Å². The van der Waals surface area contributed by atoms with Gasteiger partial charge in [-0.1, -0.05) is 36.0 Å². The SMILES string of the molecule is COCCCN1C(=O)[C@@H](CC(=O)Nc2cc(C)ccc2C)SC1=Nc1cccc(C)c1. The summed E-state index contributed by atoms with van der Waals surface area (Å²) >= 11 is 1.36. The van der Waals surface area contributed by atoms with Crippen LogP contribution in [-0.4, -0.2) is 47.4 Å². The summed E-state index contributed by atoms with van der Waals surface area (Å²) in [6.45, 7) is 7.02. The van der Waals surface area contributed by atoms with Crippen LogP contribution in [0.1, 0.15) is 29.5 Å². The van der Waals surface area contributed by atoms with Gasteiger partial charge >= 0.3 is 0 Å². The van der Waals surface area contributed by atoms with Crippen molar-refractivity contribution in [2.75, 3.05) is 25.6 Å². The zero-order valence-corrected chi connectivity index (χ0v) is 19.3. The Morgan fingerprint density at radius 2 is 1.94 bits per heavy atom. The zero-order valence-electron chi connectivity index (χ0n) is 18.5. The Kier molecular flexibility index (Phi) is 7.87. The number of methoxy groups -OCH3 is 1. The van der Waals surface area contributed by atoms with E-state index in [9.17, 15) is 9.59 Å². The summed E-state index contributed by atoms with van der Waals surface area (Å²) in [5, 5.41) is 3.10. The molecule has 1 N–H and O–H groups in total. The summed E-state index contributed by atoms with van der Waals surface area (Å²) in [5.41, 5.74) is 4.75. The molecular formula is C24H29N3O3S. The summed E-state index contributed by atoms with van der Waals surface area (Å²) < 4.78 is 5.14. The van der Waals surface area contributed by atoms with Crippen LogP contribution in [0, 0.1) is 20.8 Å². The Hall–Kier alpha value is -2.64. The van der Waals surface area contributed by atoms with Gasteiger partial charge in [0.2, 0.25) is 11.8 Å². The summed E-state index contributed by atoms with van der Waals surface area (Å²) in [7, 11) is 1.64. The van der Waals surface area contributed by atoms with Crippen molar-refractivity contribution < 1.29 is 14.3 Å². The van der Waals surface area contributed by atoms with Crippen molar-refractivity contribution in [2.24, 2.45) is 4.99 Å². The van der Waals surface area contributed by atoms with E-state index in [0.29, 0.717) is 24.7 Å². The number of carbonyl (C=O) groups excluding carboxylic acids is 2. The number of anilines is 1. The van der Waals surface area contributed by atoms with Gasteiger partial charge in [0.15, 0.2) is 5.17 Å². The molecule has 1 aliphatic heterocycles. The van der Waals surface area contributed by atoms with Gasteiger partial charge in [-0.25, -0.2) is 4.99 Å². The van der Waals surface area contributed by atoms with Crippen LogP contribution in [0.4, 0.5) is 11.4 Å². The number of carbonyl (C=O) groups is 2. The monoisotopic (exact) mass is 439 g/mol. The fourth-order valence-corrected chi connectivity index (χ4v) is 4.53. The van der Waals surface area contributed by atoms with E-state index < -0.39 is 5.25 Å². The standard InChI is InChI=1S/C24H29N3O3S/c1-16-7-5-8-19(13-16)25-24-27(11-6-12-30-4)23(29)21(31-24)15-22(28)26-20-14-17(2)9-10-18(20)3/h5,7-10,13-14,21H,6,11-12,15H2,1-4H3,(H,26,28)/t21-/m1/s1. The minimum absolute atomic E-state index is 0.0800. The first-order valence-electron chi connectivity index (χ1n) is 10.4. The number of aryl methyl sites for hydroxylation is 3. The highest BCUT2D eigenvalue weighted by atomic mass is 32.2. The number of hydrogen-bond acceptors (Lipinski definition) is 5. The van der Waals surface area contributed by atoms with Gasteiger partial charge in [0.25, 0.3) is 0 Å². The minimum atomic E-state index is -0.490. The predicted molar refractivity (Wildman–Crippen MR) is 127 cm³/mol. The molecule has 0 aliphatic carbocycles. The van der Waals surface area contributed by atoms with E-state index in [-0.39, 0.29) is 18.2 Å². The van der Waals surface area contributed by atoms with Gasteiger partial charge in [-0.05, 0) is 62.1 Å². The molecule has 0 saturated carbocycles. The number of aliphatic imine (C=N–C) groups is 1. The Labute approximate surface area is 188 Å². The van der Waals surface area contributed by atoms with Crippen LogP contribution in [0.15, 0.2) is 47.5 Å². The first kappa shape index (κ1) is 23.0. The van der Waals surface area contributed by atoms with Gasteiger partial charge < -0.3 is 10.1 Å². The number of benzene rings is 2. The number of thioether (sulfide) groups is 1. The maximum atomic E-state index is 13.1. The first-order valence-corrected chi connectivity index (χ1v) is 11.2. The Morgan fingerprint density at radius 1 is 1.16 bits per heavy atom. The van der Waals surface area contributed by atoms with Crippen LogP contribution in [-0.2, 0) is 14.3 Å². The molecule has 7 heteroatoms. The summed E-state index contributed by atoms with van der Waals surface area (Å²) in [6, 6.07) is 13.8. The van der Waals surface area contributed by atoms with Crippen molar-refractivity contribution in [3.8, 4) is 0 Å². The number of amides is 2. The number of hydrogen-bond donors (Lipinski definition) is 1. The van der Waals surface area contributed by atoms with Crippen LogP contribution in [0.2, 0.25) is 0 Å². The summed E-state index contributed by atoms with van der Waals surface area (Å²) in [5.74, 6) is -0.253. The molecule has 2 aromatic carbocycles. The molecule has 0 aromatic heterocycles. The Morgan fingerprint density at radius 3 is 2.68 bits per heavy atom. The van der Waals surface area contributed by atoms with Gasteiger partial charge in [0.1, 0.15) is 5.25 Å². The van der Waals surface area contributed by atoms with E-state index in [4.69, 9.17) is 9.73 Å². The van der Waals surface area contributed by atoms with E-state index in [1.54, 1.807) is 12.0 Å². The number of ether oxygens (including phenoxy) is 1. The lowest BCUT2D eigenvalue weighted by Crippen LogP contribution is -2.34. The van der Waals surface area contributed by atoms with Crippen molar-refractivity contribution >= 4 is 40.1 Å². The maximum absolute atomic E-state index is 13.1. The fourth-order valence-electron chi connectivity index (χ4n) is 3.35. The molecule has 1 aliphatic rings. The van der Waals surface area contributed by atoms with Crippen LogP contribution in [0.5, 0.6) is 0 Å². The molecule has 3 rings (SSSR count). The largest absolute Gasteiger partial charge is 0.385 e. The zero-order chi connectivity index (χ0) is 22.4. The number of rotatable bonds is 8. The third kappa shape index (κ3) is 6.18. The highest BCUT2D eigenvalue weighted by Gasteiger charge is 2.38. The van der Waals surface area contributed by atoms with Gasteiger partial charge in [-0.2, -0.15) is 0 Å². The van der Waals surface area contributed by atoms with Crippen molar-refractivity contribution in [3.05, 3.63) is 59.2 Å². The molecular weight excluding hydrogens is 410 g/mol. The Bertz CT molecular complexity index is 990. The van der Waals surface area contributed by atoms with E-state index in [0.717, 1.165) is 28.1 Å². The highest BCUT2D eigenvalue weighted by Crippen LogP contribution is 2.32. The van der Waals surface area contributed by atoms with Crippen molar-refractivity contribution in [1.29, 1.82) is 0 Å². The van der Waals surface area contributed by atoms with E-state index >= 15 is 0 Å².